The molecule has 0 N–H and O–H groups in total. The molecule has 0 aliphatic carbocycles. The van der Waals surface area contributed by atoms with E-state index in [9.17, 15) is 9.59 Å². The molecule has 0 aromatic heterocycles. The van der Waals surface area contributed by atoms with Crippen molar-refractivity contribution in [3.05, 3.63) is 71.8 Å². The SMILES string of the molecule is CON(C)C(=O)CCC(N=C(c1ccccc1)c1ccccc1)C(=O)OC(C)(C)C. The summed E-state index contributed by atoms with van der Waals surface area (Å²) < 4.78 is 5.59. The van der Waals surface area contributed by atoms with Crippen LogP contribution in [0.15, 0.2) is 65.7 Å². The lowest BCUT2D eigenvalue weighted by Gasteiger charge is -2.23. The van der Waals surface area contributed by atoms with Crippen LogP contribution >= 0.6 is 0 Å². The molecule has 160 valence electrons. The predicted molar refractivity (Wildman–Crippen MR) is 117 cm³/mol. The van der Waals surface area contributed by atoms with Crippen LogP contribution in [0, 0.1) is 0 Å². The average Bonchev–Trinajstić information content (AvgIpc) is 2.73. The van der Waals surface area contributed by atoms with Crippen molar-refractivity contribution in [3.8, 4) is 0 Å². The van der Waals surface area contributed by atoms with Crippen LogP contribution in [-0.4, -0.2) is 48.5 Å². The molecule has 2 aromatic carbocycles. The Morgan fingerprint density at radius 2 is 1.47 bits per heavy atom. The highest BCUT2D eigenvalue weighted by Crippen LogP contribution is 2.18. The number of ether oxygens (including phenoxy) is 1. The maximum absolute atomic E-state index is 12.9. The number of nitrogens with zero attached hydrogens (tertiary/aromatic N) is 2. The van der Waals surface area contributed by atoms with Crippen LogP contribution in [-0.2, 0) is 19.2 Å². The summed E-state index contributed by atoms with van der Waals surface area (Å²) >= 11 is 0. The maximum Gasteiger partial charge on any atom is 0.331 e. The van der Waals surface area contributed by atoms with Crippen LogP contribution in [0.1, 0.15) is 44.7 Å². The number of carbonyl (C=O) groups is 2. The zero-order valence-electron chi connectivity index (χ0n) is 18.3. The van der Waals surface area contributed by atoms with Gasteiger partial charge in [-0.1, -0.05) is 60.7 Å². The summed E-state index contributed by atoms with van der Waals surface area (Å²) in [5.74, 6) is -0.693. The number of benzene rings is 2. The number of aliphatic imine (C=N–C) groups is 1. The second kappa shape index (κ2) is 10.7. The molecule has 6 nitrogen and oxygen atoms in total. The first kappa shape index (κ1) is 23.3. The second-order valence-corrected chi connectivity index (χ2v) is 7.87. The number of hydrogen-bond donors (Lipinski definition) is 0. The highest BCUT2D eigenvalue weighted by molar-refractivity contribution is 6.13. The summed E-state index contributed by atoms with van der Waals surface area (Å²) in [6, 6.07) is 18.5. The first-order chi connectivity index (χ1) is 14.2. The number of hydrogen-bond acceptors (Lipinski definition) is 5. The van der Waals surface area contributed by atoms with E-state index in [1.807, 2.05) is 81.4 Å². The highest BCUT2D eigenvalue weighted by Gasteiger charge is 2.27. The van der Waals surface area contributed by atoms with Crippen molar-refractivity contribution in [3.63, 3.8) is 0 Å². The minimum atomic E-state index is -0.825. The van der Waals surface area contributed by atoms with Crippen LogP contribution in [0.25, 0.3) is 0 Å². The Morgan fingerprint density at radius 3 is 1.90 bits per heavy atom. The molecule has 0 radical (unpaired) electrons. The van der Waals surface area contributed by atoms with E-state index >= 15 is 0 Å². The zero-order valence-corrected chi connectivity index (χ0v) is 18.3. The van der Waals surface area contributed by atoms with E-state index in [-0.39, 0.29) is 18.7 Å². The average molecular weight is 411 g/mol. The first-order valence-corrected chi connectivity index (χ1v) is 9.93. The van der Waals surface area contributed by atoms with Crippen molar-refractivity contribution in [1.29, 1.82) is 0 Å². The van der Waals surface area contributed by atoms with Gasteiger partial charge in [-0.3, -0.25) is 14.6 Å². The van der Waals surface area contributed by atoms with Crippen LogP contribution in [0.4, 0.5) is 0 Å². The molecule has 0 spiro atoms. The van der Waals surface area contributed by atoms with Crippen molar-refractivity contribution in [2.24, 2.45) is 4.99 Å². The lowest BCUT2D eigenvalue weighted by Crippen LogP contribution is -2.33. The van der Waals surface area contributed by atoms with E-state index in [1.54, 1.807) is 0 Å². The molecule has 30 heavy (non-hydrogen) atoms. The molecule has 1 unspecified atom stereocenters. The molecule has 1 amide bonds. The Kier molecular flexibility index (Phi) is 8.30. The molecule has 0 saturated heterocycles. The van der Waals surface area contributed by atoms with Gasteiger partial charge in [0.1, 0.15) is 11.6 Å². The molecule has 0 bridgehead atoms. The number of carbonyl (C=O) groups excluding carboxylic acids is 2. The van der Waals surface area contributed by atoms with Crippen molar-refractivity contribution in [1.82, 2.24) is 5.06 Å². The van der Waals surface area contributed by atoms with Crippen molar-refractivity contribution in [2.75, 3.05) is 14.2 Å². The number of rotatable bonds is 8. The lowest BCUT2D eigenvalue weighted by molar-refractivity contribution is -0.169. The second-order valence-electron chi connectivity index (χ2n) is 7.87. The van der Waals surface area contributed by atoms with Crippen molar-refractivity contribution >= 4 is 17.6 Å². The summed E-state index contributed by atoms with van der Waals surface area (Å²) in [6.45, 7) is 5.43. The predicted octanol–water partition coefficient (Wildman–Crippen LogP) is 4.03. The lowest BCUT2D eigenvalue weighted by atomic mass is 10.0. The quantitative estimate of drug-likeness (QED) is 0.374. The van der Waals surface area contributed by atoms with Gasteiger partial charge in [0.25, 0.3) is 0 Å². The molecule has 6 heteroatoms. The van der Waals surface area contributed by atoms with Gasteiger partial charge in [0, 0.05) is 24.6 Å². The minimum absolute atomic E-state index is 0.106. The first-order valence-electron chi connectivity index (χ1n) is 9.93. The molecule has 0 aliphatic rings. The van der Waals surface area contributed by atoms with E-state index in [0.717, 1.165) is 16.2 Å². The van der Waals surface area contributed by atoms with Gasteiger partial charge in [0.2, 0.25) is 5.91 Å². The maximum atomic E-state index is 12.9. The fraction of sp³-hybridized carbons (Fsp3) is 0.375. The van der Waals surface area contributed by atoms with Crippen LogP contribution in [0.5, 0.6) is 0 Å². The number of esters is 1. The molecular weight excluding hydrogens is 380 g/mol. The third-order valence-corrected chi connectivity index (χ3v) is 4.31. The molecular formula is C24H30N2O4. The summed E-state index contributed by atoms with van der Waals surface area (Å²) in [4.78, 5) is 34.9. The zero-order chi connectivity index (χ0) is 22.1. The highest BCUT2D eigenvalue weighted by atomic mass is 16.7. The van der Waals surface area contributed by atoms with E-state index in [2.05, 4.69) is 0 Å². The van der Waals surface area contributed by atoms with Crippen molar-refractivity contribution in [2.45, 2.75) is 45.3 Å². The Labute approximate surface area is 178 Å². The molecule has 2 aromatic rings. The van der Waals surface area contributed by atoms with Crippen LogP contribution in [0.2, 0.25) is 0 Å². The van der Waals surface area contributed by atoms with Crippen LogP contribution in [0.3, 0.4) is 0 Å². The van der Waals surface area contributed by atoms with E-state index in [0.29, 0.717) is 5.71 Å². The van der Waals surface area contributed by atoms with E-state index in [1.165, 1.54) is 14.2 Å². The van der Waals surface area contributed by atoms with Crippen LogP contribution < -0.4 is 0 Å². The van der Waals surface area contributed by atoms with Gasteiger partial charge < -0.3 is 4.74 Å². The van der Waals surface area contributed by atoms with Gasteiger partial charge in [-0.15, -0.1) is 0 Å². The smallest absolute Gasteiger partial charge is 0.331 e. The largest absolute Gasteiger partial charge is 0.458 e. The third kappa shape index (κ3) is 7.12. The molecule has 1 atom stereocenters. The van der Waals surface area contributed by atoms with Gasteiger partial charge >= 0.3 is 5.97 Å². The summed E-state index contributed by atoms with van der Waals surface area (Å²) in [5, 5.41) is 1.14. The Hall–Kier alpha value is -2.99. The summed E-state index contributed by atoms with van der Waals surface area (Å²) in [6.07, 6.45) is 0.319. The Morgan fingerprint density at radius 1 is 0.967 bits per heavy atom. The molecule has 0 aliphatic heterocycles. The van der Waals surface area contributed by atoms with Gasteiger partial charge in [0.15, 0.2) is 0 Å². The fourth-order valence-corrected chi connectivity index (χ4v) is 2.79. The molecule has 0 fully saturated rings. The van der Waals surface area contributed by atoms with Gasteiger partial charge in [-0.2, -0.15) is 0 Å². The monoisotopic (exact) mass is 410 g/mol. The Bertz CT molecular complexity index is 816. The minimum Gasteiger partial charge on any atom is -0.458 e. The molecule has 0 heterocycles. The molecule has 0 saturated carbocycles. The van der Waals surface area contributed by atoms with E-state index in [4.69, 9.17) is 14.6 Å². The fourth-order valence-electron chi connectivity index (χ4n) is 2.79. The third-order valence-electron chi connectivity index (χ3n) is 4.31. The van der Waals surface area contributed by atoms with E-state index < -0.39 is 17.6 Å². The Balaban J connectivity index is 2.43. The standard InChI is InChI=1S/C24H30N2O4/c1-24(2,3)30-23(28)20(16-17-21(27)26(4)29-5)25-22(18-12-8-6-9-13-18)19-14-10-7-11-15-19/h6-15,20H,16-17H2,1-5H3. The van der Waals surface area contributed by atoms with Gasteiger partial charge in [0.05, 0.1) is 12.8 Å². The van der Waals surface area contributed by atoms with Gasteiger partial charge in [-0.25, -0.2) is 9.86 Å². The topological polar surface area (TPSA) is 68.2 Å². The number of hydroxylamine groups is 2. The summed E-state index contributed by atoms with van der Waals surface area (Å²) in [7, 11) is 2.96. The normalized spacial score (nSPS) is 12.0. The van der Waals surface area contributed by atoms with Crippen molar-refractivity contribution < 1.29 is 19.2 Å². The summed E-state index contributed by atoms with van der Waals surface area (Å²) in [5.41, 5.74) is 1.80. The number of amides is 1. The molecule has 2 rings (SSSR count). The van der Waals surface area contributed by atoms with Gasteiger partial charge in [-0.05, 0) is 27.2 Å².